The number of para-hydroxylation sites is 1. The molecular weight excluding hydrogens is 326 g/mol. The Morgan fingerprint density at radius 3 is 2.77 bits per heavy atom. The second kappa shape index (κ2) is 6.84. The van der Waals surface area contributed by atoms with Gasteiger partial charge in [-0.25, -0.2) is 0 Å². The molecule has 4 aromatic rings. The fourth-order valence-corrected chi connectivity index (χ4v) is 2.94. The van der Waals surface area contributed by atoms with Gasteiger partial charge in [-0.3, -0.25) is 9.38 Å². The molecule has 3 aromatic heterocycles. The van der Waals surface area contributed by atoms with E-state index in [9.17, 15) is 0 Å². The first-order valence-corrected chi connectivity index (χ1v) is 8.38. The maximum absolute atomic E-state index is 5.41. The molecule has 0 spiro atoms. The van der Waals surface area contributed by atoms with Crippen molar-refractivity contribution >= 4 is 11.5 Å². The highest BCUT2D eigenvalue weighted by Gasteiger charge is 2.10. The van der Waals surface area contributed by atoms with Gasteiger partial charge in [0.15, 0.2) is 5.65 Å². The van der Waals surface area contributed by atoms with Gasteiger partial charge in [-0.15, -0.1) is 10.2 Å². The minimum absolute atomic E-state index is 0.642. The van der Waals surface area contributed by atoms with Crippen LogP contribution in [0, 0.1) is 6.92 Å². The Morgan fingerprint density at radius 2 is 1.96 bits per heavy atom. The molecule has 0 aliphatic heterocycles. The van der Waals surface area contributed by atoms with E-state index in [-0.39, 0.29) is 0 Å². The molecule has 0 atom stereocenters. The van der Waals surface area contributed by atoms with Crippen molar-refractivity contribution < 1.29 is 4.74 Å². The smallest absolute Gasteiger partial charge is 0.170 e. The third-order valence-electron chi connectivity index (χ3n) is 4.33. The number of rotatable bonds is 5. The summed E-state index contributed by atoms with van der Waals surface area (Å²) in [5.74, 6) is 1.78. The lowest BCUT2D eigenvalue weighted by Crippen LogP contribution is -2.05. The zero-order valence-corrected chi connectivity index (χ0v) is 14.7. The summed E-state index contributed by atoms with van der Waals surface area (Å²) < 4.78 is 7.36. The van der Waals surface area contributed by atoms with Crippen LogP contribution in [0.2, 0.25) is 0 Å². The highest BCUT2D eigenvalue weighted by molar-refractivity contribution is 5.78. The molecule has 0 saturated heterocycles. The van der Waals surface area contributed by atoms with Crippen molar-refractivity contribution in [3.05, 3.63) is 72.3 Å². The van der Waals surface area contributed by atoms with Crippen molar-refractivity contribution in [1.82, 2.24) is 19.6 Å². The number of ether oxygens (including phenoxy) is 1. The monoisotopic (exact) mass is 345 g/mol. The van der Waals surface area contributed by atoms with Gasteiger partial charge in [0, 0.05) is 35.1 Å². The van der Waals surface area contributed by atoms with E-state index < -0.39 is 0 Å². The van der Waals surface area contributed by atoms with Crippen LogP contribution in [0.15, 0.2) is 61.1 Å². The first-order chi connectivity index (χ1) is 12.8. The summed E-state index contributed by atoms with van der Waals surface area (Å²) in [6, 6.07) is 16.1. The van der Waals surface area contributed by atoms with E-state index in [4.69, 9.17) is 4.74 Å². The van der Waals surface area contributed by atoms with E-state index in [0.717, 1.165) is 39.6 Å². The van der Waals surface area contributed by atoms with Crippen LogP contribution in [-0.2, 0) is 6.54 Å². The summed E-state index contributed by atoms with van der Waals surface area (Å²) in [5, 5.41) is 11.8. The lowest BCUT2D eigenvalue weighted by atomic mass is 10.1. The zero-order valence-electron chi connectivity index (χ0n) is 14.7. The number of nitrogens with one attached hydrogen (secondary N) is 1. The van der Waals surface area contributed by atoms with Crippen molar-refractivity contribution in [2.24, 2.45) is 0 Å². The van der Waals surface area contributed by atoms with Crippen LogP contribution in [0.4, 0.5) is 5.82 Å². The molecule has 0 fully saturated rings. The maximum Gasteiger partial charge on any atom is 0.170 e. The number of benzene rings is 1. The molecule has 1 aromatic carbocycles. The van der Waals surface area contributed by atoms with E-state index in [1.54, 1.807) is 13.4 Å². The molecule has 130 valence electrons. The molecule has 6 heteroatoms. The summed E-state index contributed by atoms with van der Waals surface area (Å²) >= 11 is 0. The minimum Gasteiger partial charge on any atom is -0.496 e. The summed E-state index contributed by atoms with van der Waals surface area (Å²) in [5.41, 5.74) is 4.88. The van der Waals surface area contributed by atoms with Gasteiger partial charge in [-0.2, -0.15) is 0 Å². The highest BCUT2D eigenvalue weighted by Crippen LogP contribution is 2.26. The highest BCUT2D eigenvalue weighted by atomic mass is 16.5. The molecule has 0 amide bonds. The Kier molecular flexibility index (Phi) is 4.23. The quantitative estimate of drug-likeness (QED) is 0.597. The number of hydrogen-bond donors (Lipinski definition) is 1. The summed E-state index contributed by atoms with van der Waals surface area (Å²) in [6.07, 6.45) is 3.58. The predicted octanol–water partition coefficient (Wildman–Crippen LogP) is 3.72. The van der Waals surface area contributed by atoms with Crippen molar-refractivity contribution in [2.45, 2.75) is 13.5 Å². The van der Waals surface area contributed by atoms with E-state index >= 15 is 0 Å². The molecule has 0 unspecified atom stereocenters. The molecule has 0 radical (unpaired) electrons. The maximum atomic E-state index is 5.41. The van der Waals surface area contributed by atoms with Gasteiger partial charge in [0.2, 0.25) is 0 Å². The van der Waals surface area contributed by atoms with Crippen molar-refractivity contribution in [2.75, 3.05) is 12.4 Å². The average Bonchev–Trinajstić information content (AvgIpc) is 3.17. The van der Waals surface area contributed by atoms with Gasteiger partial charge in [-0.1, -0.05) is 24.3 Å². The topological polar surface area (TPSA) is 64.3 Å². The fraction of sp³-hybridized carbons (Fsp3) is 0.150. The minimum atomic E-state index is 0.642. The molecule has 0 aliphatic carbocycles. The Hall–Kier alpha value is -3.41. The lowest BCUT2D eigenvalue weighted by Gasteiger charge is -2.13. The second-order valence-corrected chi connectivity index (χ2v) is 6.01. The van der Waals surface area contributed by atoms with Crippen molar-refractivity contribution in [1.29, 1.82) is 0 Å². The zero-order chi connectivity index (χ0) is 17.9. The molecular formula is C20H19N5O. The van der Waals surface area contributed by atoms with Gasteiger partial charge in [0.1, 0.15) is 17.9 Å². The molecule has 4 rings (SSSR count). The Bertz CT molecular complexity index is 1040. The number of methoxy groups -OCH3 is 1. The van der Waals surface area contributed by atoms with Gasteiger partial charge in [0.25, 0.3) is 0 Å². The van der Waals surface area contributed by atoms with Crippen LogP contribution < -0.4 is 10.1 Å². The number of nitrogens with zero attached hydrogens (tertiary/aromatic N) is 4. The van der Waals surface area contributed by atoms with Crippen molar-refractivity contribution in [3.63, 3.8) is 0 Å². The van der Waals surface area contributed by atoms with Crippen LogP contribution >= 0.6 is 0 Å². The third kappa shape index (κ3) is 2.97. The van der Waals surface area contributed by atoms with Gasteiger partial charge < -0.3 is 10.1 Å². The molecule has 1 N–H and O–H groups in total. The van der Waals surface area contributed by atoms with Gasteiger partial charge in [0.05, 0.1) is 7.11 Å². The molecule has 3 heterocycles. The van der Waals surface area contributed by atoms with Crippen LogP contribution in [0.25, 0.3) is 16.8 Å². The molecule has 6 nitrogen and oxygen atoms in total. The first kappa shape index (κ1) is 16.1. The number of aromatic nitrogens is 4. The third-order valence-corrected chi connectivity index (χ3v) is 4.33. The standard InChI is InChI=1S/C20H19N5O/c1-14-7-8-15(11-21-14)17-9-10-19(25-13-23-24-20(17)25)22-12-16-5-3-4-6-18(16)26-2/h3-11,13,22H,12H2,1-2H3. The number of aryl methyl sites for hydroxylation is 1. The second-order valence-electron chi connectivity index (χ2n) is 6.01. The van der Waals surface area contributed by atoms with E-state index in [2.05, 4.69) is 20.5 Å². The Balaban J connectivity index is 1.66. The summed E-state index contributed by atoms with van der Waals surface area (Å²) in [6.45, 7) is 2.62. The van der Waals surface area contributed by atoms with Gasteiger partial charge >= 0.3 is 0 Å². The molecule has 26 heavy (non-hydrogen) atoms. The first-order valence-electron chi connectivity index (χ1n) is 8.38. The van der Waals surface area contributed by atoms with Crippen LogP contribution in [-0.4, -0.2) is 26.7 Å². The van der Waals surface area contributed by atoms with Crippen LogP contribution in [0.5, 0.6) is 5.75 Å². The average molecular weight is 345 g/mol. The number of anilines is 1. The van der Waals surface area contributed by atoms with E-state index in [1.807, 2.05) is 66.1 Å². The number of pyridine rings is 2. The molecule has 0 bridgehead atoms. The molecule has 0 aliphatic rings. The van der Waals surface area contributed by atoms with Crippen LogP contribution in [0.3, 0.4) is 0 Å². The Morgan fingerprint density at radius 1 is 1.08 bits per heavy atom. The normalized spacial score (nSPS) is 10.8. The summed E-state index contributed by atoms with van der Waals surface area (Å²) in [4.78, 5) is 4.38. The predicted molar refractivity (Wildman–Crippen MR) is 101 cm³/mol. The SMILES string of the molecule is COc1ccccc1CNc1ccc(-c2ccc(C)nc2)c2nncn12. The van der Waals surface area contributed by atoms with Gasteiger partial charge in [-0.05, 0) is 31.2 Å². The Labute approximate surface area is 151 Å². The van der Waals surface area contributed by atoms with E-state index in [1.165, 1.54) is 0 Å². The number of fused-ring (bicyclic) bond motifs is 1. The lowest BCUT2D eigenvalue weighted by molar-refractivity contribution is 0.410. The summed E-state index contributed by atoms with van der Waals surface area (Å²) in [7, 11) is 1.68. The fourth-order valence-electron chi connectivity index (χ4n) is 2.94. The van der Waals surface area contributed by atoms with E-state index in [0.29, 0.717) is 6.54 Å². The van der Waals surface area contributed by atoms with Crippen molar-refractivity contribution in [3.8, 4) is 16.9 Å². The van der Waals surface area contributed by atoms with Crippen LogP contribution in [0.1, 0.15) is 11.3 Å². The largest absolute Gasteiger partial charge is 0.496 e. The molecule has 0 saturated carbocycles. The number of hydrogen-bond acceptors (Lipinski definition) is 5.